The molecule has 0 aliphatic heterocycles. The number of benzene rings is 2. The lowest BCUT2D eigenvalue weighted by atomic mass is 10.0. The maximum atomic E-state index is 13.2. The summed E-state index contributed by atoms with van der Waals surface area (Å²) in [4.78, 5) is 12.3. The molecule has 0 saturated heterocycles. The number of para-hydroxylation sites is 1. The maximum absolute atomic E-state index is 13.2. The Hall–Kier alpha value is -2.16. The SMILES string of the molecule is COc1ccccc1C(=O)c1ccc(F)c(C)c1. The highest BCUT2D eigenvalue weighted by Crippen LogP contribution is 2.22. The van der Waals surface area contributed by atoms with Crippen molar-refractivity contribution < 1.29 is 13.9 Å². The molecule has 18 heavy (non-hydrogen) atoms. The Kier molecular flexibility index (Phi) is 3.42. The second-order valence-electron chi connectivity index (χ2n) is 3.99. The number of carbonyl (C=O) groups is 1. The van der Waals surface area contributed by atoms with E-state index in [1.165, 1.54) is 19.2 Å². The number of hydrogen-bond acceptors (Lipinski definition) is 2. The van der Waals surface area contributed by atoms with Gasteiger partial charge in [-0.2, -0.15) is 0 Å². The van der Waals surface area contributed by atoms with Gasteiger partial charge in [0, 0.05) is 5.56 Å². The van der Waals surface area contributed by atoms with Crippen LogP contribution in [0.1, 0.15) is 21.5 Å². The predicted octanol–water partition coefficient (Wildman–Crippen LogP) is 3.37. The third-order valence-electron chi connectivity index (χ3n) is 2.77. The van der Waals surface area contributed by atoms with Gasteiger partial charge in [0.25, 0.3) is 0 Å². The quantitative estimate of drug-likeness (QED) is 0.774. The van der Waals surface area contributed by atoms with Crippen LogP contribution in [0.5, 0.6) is 5.75 Å². The van der Waals surface area contributed by atoms with Crippen LogP contribution in [-0.4, -0.2) is 12.9 Å². The van der Waals surface area contributed by atoms with Crippen molar-refractivity contribution in [2.45, 2.75) is 6.92 Å². The van der Waals surface area contributed by atoms with E-state index in [9.17, 15) is 9.18 Å². The van der Waals surface area contributed by atoms with Crippen LogP contribution in [-0.2, 0) is 0 Å². The number of halogens is 1. The number of carbonyl (C=O) groups excluding carboxylic acids is 1. The molecule has 0 atom stereocenters. The van der Waals surface area contributed by atoms with E-state index in [4.69, 9.17) is 4.74 Å². The van der Waals surface area contributed by atoms with Crippen molar-refractivity contribution in [2.24, 2.45) is 0 Å². The summed E-state index contributed by atoms with van der Waals surface area (Å²) in [6.45, 7) is 1.63. The van der Waals surface area contributed by atoms with Gasteiger partial charge in [0.15, 0.2) is 5.78 Å². The van der Waals surface area contributed by atoms with Crippen molar-refractivity contribution in [3.63, 3.8) is 0 Å². The zero-order valence-corrected chi connectivity index (χ0v) is 10.2. The molecule has 0 spiro atoms. The van der Waals surface area contributed by atoms with E-state index in [2.05, 4.69) is 0 Å². The molecule has 0 bridgehead atoms. The number of aryl methyl sites for hydroxylation is 1. The fourth-order valence-corrected chi connectivity index (χ4v) is 1.77. The summed E-state index contributed by atoms with van der Waals surface area (Å²) in [5.41, 5.74) is 1.39. The van der Waals surface area contributed by atoms with E-state index in [0.29, 0.717) is 22.4 Å². The molecule has 2 rings (SSSR count). The first kappa shape index (κ1) is 12.3. The minimum absolute atomic E-state index is 0.171. The lowest BCUT2D eigenvalue weighted by Crippen LogP contribution is -2.04. The van der Waals surface area contributed by atoms with Crippen LogP contribution in [0, 0.1) is 12.7 Å². The molecular formula is C15H13FO2. The van der Waals surface area contributed by atoms with Crippen molar-refractivity contribution in [3.8, 4) is 5.75 Å². The molecule has 0 saturated carbocycles. The molecule has 0 aromatic heterocycles. The summed E-state index contributed by atoms with van der Waals surface area (Å²) in [6.07, 6.45) is 0. The summed E-state index contributed by atoms with van der Waals surface area (Å²) < 4.78 is 18.3. The second kappa shape index (κ2) is 5.00. The zero-order valence-electron chi connectivity index (χ0n) is 10.2. The van der Waals surface area contributed by atoms with E-state index in [-0.39, 0.29) is 11.6 Å². The number of rotatable bonds is 3. The maximum Gasteiger partial charge on any atom is 0.196 e. The summed E-state index contributed by atoms with van der Waals surface area (Å²) in [5, 5.41) is 0. The van der Waals surface area contributed by atoms with Gasteiger partial charge in [0.2, 0.25) is 0 Å². The molecule has 0 N–H and O–H groups in total. The highest BCUT2D eigenvalue weighted by molar-refractivity contribution is 6.10. The highest BCUT2D eigenvalue weighted by atomic mass is 19.1. The lowest BCUT2D eigenvalue weighted by Gasteiger charge is -2.07. The van der Waals surface area contributed by atoms with E-state index < -0.39 is 0 Å². The van der Waals surface area contributed by atoms with Crippen LogP contribution >= 0.6 is 0 Å². The molecule has 92 valence electrons. The van der Waals surface area contributed by atoms with Gasteiger partial charge >= 0.3 is 0 Å². The summed E-state index contributed by atoms with van der Waals surface area (Å²) in [6, 6.07) is 11.3. The standard InChI is InChI=1S/C15H13FO2/c1-10-9-11(7-8-13(10)16)15(17)12-5-3-4-6-14(12)18-2/h3-9H,1-2H3. The van der Waals surface area contributed by atoms with Crippen molar-refractivity contribution in [1.29, 1.82) is 0 Å². The van der Waals surface area contributed by atoms with E-state index in [1.54, 1.807) is 37.3 Å². The number of methoxy groups -OCH3 is 1. The molecule has 3 heteroatoms. The van der Waals surface area contributed by atoms with E-state index in [0.717, 1.165) is 0 Å². The van der Waals surface area contributed by atoms with E-state index >= 15 is 0 Å². The molecule has 0 heterocycles. The van der Waals surface area contributed by atoms with Gasteiger partial charge in [-0.15, -0.1) is 0 Å². The number of ketones is 1. The monoisotopic (exact) mass is 244 g/mol. The van der Waals surface area contributed by atoms with Crippen LogP contribution < -0.4 is 4.74 Å². The Morgan fingerprint density at radius 1 is 1.17 bits per heavy atom. The molecule has 0 amide bonds. The highest BCUT2D eigenvalue weighted by Gasteiger charge is 2.14. The molecule has 0 aliphatic carbocycles. The first-order valence-electron chi connectivity index (χ1n) is 5.57. The summed E-state index contributed by atoms with van der Waals surface area (Å²) >= 11 is 0. The zero-order chi connectivity index (χ0) is 13.1. The Bertz CT molecular complexity index is 591. The predicted molar refractivity (Wildman–Crippen MR) is 67.6 cm³/mol. The molecule has 2 aromatic carbocycles. The van der Waals surface area contributed by atoms with Crippen molar-refractivity contribution in [2.75, 3.05) is 7.11 Å². The van der Waals surface area contributed by atoms with Crippen LogP contribution in [0.2, 0.25) is 0 Å². The molecular weight excluding hydrogens is 231 g/mol. The molecule has 0 unspecified atom stereocenters. The van der Waals surface area contributed by atoms with Gasteiger partial charge in [-0.05, 0) is 42.8 Å². The molecule has 2 nitrogen and oxygen atoms in total. The van der Waals surface area contributed by atoms with Gasteiger partial charge in [-0.1, -0.05) is 12.1 Å². The number of ether oxygens (including phenoxy) is 1. The third kappa shape index (κ3) is 2.25. The van der Waals surface area contributed by atoms with Crippen molar-refractivity contribution in [3.05, 3.63) is 65.0 Å². The lowest BCUT2D eigenvalue weighted by molar-refractivity contribution is 0.103. The Labute approximate surface area is 105 Å². The minimum Gasteiger partial charge on any atom is -0.496 e. The molecule has 0 radical (unpaired) electrons. The largest absolute Gasteiger partial charge is 0.496 e. The normalized spacial score (nSPS) is 10.2. The van der Waals surface area contributed by atoms with Crippen molar-refractivity contribution in [1.82, 2.24) is 0 Å². The smallest absolute Gasteiger partial charge is 0.196 e. The minimum atomic E-state index is -0.313. The van der Waals surface area contributed by atoms with Gasteiger partial charge in [0.05, 0.1) is 12.7 Å². The van der Waals surface area contributed by atoms with Gasteiger partial charge in [0.1, 0.15) is 11.6 Å². The van der Waals surface area contributed by atoms with Gasteiger partial charge < -0.3 is 4.74 Å². The Balaban J connectivity index is 2.44. The van der Waals surface area contributed by atoms with Gasteiger partial charge in [-0.3, -0.25) is 4.79 Å². The molecule has 0 aliphatic rings. The van der Waals surface area contributed by atoms with Crippen LogP contribution in [0.25, 0.3) is 0 Å². The van der Waals surface area contributed by atoms with Crippen LogP contribution in [0.3, 0.4) is 0 Å². The van der Waals surface area contributed by atoms with Crippen molar-refractivity contribution >= 4 is 5.78 Å². The third-order valence-corrected chi connectivity index (χ3v) is 2.77. The fraction of sp³-hybridized carbons (Fsp3) is 0.133. The first-order chi connectivity index (χ1) is 8.63. The average molecular weight is 244 g/mol. The average Bonchev–Trinajstić information content (AvgIpc) is 2.41. The van der Waals surface area contributed by atoms with Gasteiger partial charge in [-0.25, -0.2) is 4.39 Å². The molecule has 2 aromatic rings. The fourth-order valence-electron chi connectivity index (χ4n) is 1.77. The summed E-state index contributed by atoms with van der Waals surface area (Å²) in [7, 11) is 1.52. The number of hydrogen-bond donors (Lipinski definition) is 0. The Morgan fingerprint density at radius 3 is 2.56 bits per heavy atom. The van der Waals surface area contributed by atoms with E-state index in [1.807, 2.05) is 0 Å². The summed E-state index contributed by atoms with van der Waals surface area (Å²) in [5.74, 6) is 0.0339. The van der Waals surface area contributed by atoms with Crippen LogP contribution in [0.15, 0.2) is 42.5 Å². The van der Waals surface area contributed by atoms with Crippen LogP contribution in [0.4, 0.5) is 4.39 Å². The first-order valence-corrected chi connectivity index (χ1v) is 5.57. The molecule has 0 fully saturated rings. The topological polar surface area (TPSA) is 26.3 Å². The second-order valence-corrected chi connectivity index (χ2v) is 3.99. The Morgan fingerprint density at radius 2 is 1.89 bits per heavy atom.